The first-order valence-electron chi connectivity index (χ1n) is 6.08. The summed E-state index contributed by atoms with van der Waals surface area (Å²) < 4.78 is 40.2. The number of nitrogens with two attached hydrogens (primary N) is 1. The van der Waals surface area contributed by atoms with E-state index in [1.807, 2.05) is 18.7 Å². The van der Waals surface area contributed by atoms with Crippen LogP contribution in [0.15, 0.2) is 5.16 Å². The van der Waals surface area contributed by atoms with Crippen molar-refractivity contribution in [3.63, 3.8) is 0 Å². The molecule has 0 aliphatic rings. The number of amidine groups is 1. The van der Waals surface area contributed by atoms with Crippen molar-refractivity contribution >= 4 is 5.84 Å². The van der Waals surface area contributed by atoms with Crippen LogP contribution in [0, 0.1) is 5.92 Å². The van der Waals surface area contributed by atoms with Gasteiger partial charge in [0, 0.05) is 26.1 Å². The maximum Gasteiger partial charge on any atom is 0.411 e. The predicted octanol–water partition coefficient (Wildman–Crippen LogP) is 1.66. The van der Waals surface area contributed by atoms with E-state index in [1.54, 1.807) is 0 Å². The van der Waals surface area contributed by atoms with Crippen LogP contribution in [0.4, 0.5) is 13.2 Å². The van der Waals surface area contributed by atoms with Crippen molar-refractivity contribution < 1.29 is 23.1 Å². The fourth-order valence-electron chi connectivity index (χ4n) is 1.51. The molecule has 19 heavy (non-hydrogen) atoms. The fraction of sp³-hybridized carbons (Fsp3) is 0.909. The average Bonchev–Trinajstić information content (AvgIpc) is 2.28. The highest BCUT2D eigenvalue weighted by Gasteiger charge is 2.27. The Hall–Kier alpha value is -1.02. The van der Waals surface area contributed by atoms with Gasteiger partial charge < -0.3 is 20.6 Å². The highest BCUT2D eigenvalue weighted by atomic mass is 19.4. The molecular weight excluding hydrogens is 263 g/mol. The van der Waals surface area contributed by atoms with E-state index in [4.69, 9.17) is 10.9 Å². The van der Waals surface area contributed by atoms with Crippen LogP contribution in [-0.2, 0) is 4.74 Å². The Balaban J connectivity index is 3.99. The second kappa shape index (κ2) is 8.98. The lowest BCUT2D eigenvalue weighted by molar-refractivity contribution is -0.174. The van der Waals surface area contributed by atoms with Gasteiger partial charge in [0.15, 0.2) is 0 Å². The van der Waals surface area contributed by atoms with E-state index >= 15 is 0 Å². The van der Waals surface area contributed by atoms with E-state index < -0.39 is 12.8 Å². The molecule has 0 aromatic rings. The van der Waals surface area contributed by atoms with E-state index in [0.29, 0.717) is 32.0 Å². The number of rotatable bonds is 9. The number of hydrogen-bond donors (Lipinski definition) is 2. The largest absolute Gasteiger partial charge is 0.411 e. The van der Waals surface area contributed by atoms with Crippen LogP contribution in [-0.4, -0.2) is 55.0 Å². The van der Waals surface area contributed by atoms with Gasteiger partial charge in [0.2, 0.25) is 0 Å². The van der Waals surface area contributed by atoms with Crippen LogP contribution in [0.3, 0.4) is 0 Å². The first-order chi connectivity index (χ1) is 8.74. The van der Waals surface area contributed by atoms with Crippen molar-refractivity contribution in [3.05, 3.63) is 0 Å². The highest BCUT2D eigenvalue weighted by molar-refractivity contribution is 5.79. The maximum absolute atomic E-state index is 11.9. The van der Waals surface area contributed by atoms with E-state index in [9.17, 15) is 13.2 Å². The Morgan fingerprint density at radius 1 is 1.37 bits per heavy atom. The van der Waals surface area contributed by atoms with Crippen LogP contribution in [0.2, 0.25) is 0 Å². The van der Waals surface area contributed by atoms with Crippen molar-refractivity contribution in [1.82, 2.24) is 4.90 Å². The molecule has 5 nitrogen and oxygen atoms in total. The number of hydrogen-bond acceptors (Lipinski definition) is 4. The third kappa shape index (κ3) is 11.8. The predicted molar refractivity (Wildman–Crippen MR) is 66.2 cm³/mol. The zero-order valence-electron chi connectivity index (χ0n) is 11.3. The molecule has 0 spiro atoms. The Labute approximate surface area is 111 Å². The Bertz CT molecular complexity index is 270. The fourth-order valence-corrected chi connectivity index (χ4v) is 1.51. The summed E-state index contributed by atoms with van der Waals surface area (Å²) >= 11 is 0. The minimum Gasteiger partial charge on any atom is -0.409 e. The van der Waals surface area contributed by atoms with Crippen molar-refractivity contribution in [2.24, 2.45) is 16.8 Å². The van der Waals surface area contributed by atoms with Gasteiger partial charge in [-0.3, -0.25) is 0 Å². The van der Waals surface area contributed by atoms with Crippen molar-refractivity contribution in [3.8, 4) is 0 Å². The monoisotopic (exact) mass is 285 g/mol. The molecule has 0 bridgehead atoms. The Morgan fingerprint density at radius 2 is 2.00 bits per heavy atom. The summed E-state index contributed by atoms with van der Waals surface area (Å²) in [6.45, 7) is 4.40. The second-order valence-electron chi connectivity index (χ2n) is 4.70. The van der Waals surface area contributed by atoms with Gasteiger partial charge in [-0.25, -0.2) is 0 Å². The molecule has 0 saturated carbocycles. The SMILES string of the molecule is CC(C)CN(CCOCC(F)(F)F)CCC(N)=NO. The molecule has 8 heteroatoms. The first-order valence-corrected chi connectivity index (χ1v) is 6.08. The van der Waals surface area contributed by atoms with Crippen LogP contribution in [0.1, 0.15) is 20.3 Å². The molecular formula is C11H22F3N3O2. The van der Waals surface area contributed by atoms with E-state index in [-0.39, 0.29) is 12.4 Å². The molecule has 0 aromatic heterocycles. The van der Waals surface area contributed by atoms with Gasteiger partial charge in [0.1, 0.15) is 12.4 Å². The second-order valence-corrected chi connectivity index (χ2v) is 4.70. The molecule has 114 valence electrons. The lowest BCUT2D eigenvalue weighted by Gasteiger charge is -2.24. The zero-order valence-corrected chi connectivity index (χ0v) is 11.3. The lowest BCUT2D eigenvalue weighted by Crippen LogP contribution is -2.34. The Kier molecular flexibility index (Phi) is 8.49. The third-order valence-electron chi connectivity index (χ3n) is 2.25. The van der Waals surface area contributed by atoms with Crippen LogP contribution >= 0.6 is 0 Å². The number of ether oxygens (including phenoxy) is 1. The van der Waals surface area contributed by atoms with Crippen LogP contribution in [0.25, 0.3) is 0 Å². The number of nitrogens with zero attached hydrogens (tertiary/aromatic N) is 2. The van der Waals surface area contributed by atoms with Crippen molar-refractivity contribution in [2.75, 3.05) is 32.8 Å². The topological polar surface area (TPSA) is 71.1 Å². The summed E-state index contributed by atoms with van der Waals surface area (Å²) in [5.74, 6) is 0.472. The maximum atomic E-state index is 11.9. The number of alkyl halides is 3. The first kappa shape index (κ1) is 18.0. The van der Waals surface area contributed by atoms with E-state index in [2.05, 4.69) is 9.89 Å². The summed E-state index contributed by atoms with van der Waals surface area (Å²) in [4.78, 5) is 1.93. The normalized spacial score (nSPS) is 13.5. The van der Waals surface area contributed by atoms with Crippen LogP contribution in [0.5, 0.6) is 0 Å². The summed E-state index contributed by atoms with van der Waals surface area (Å²) in [7, 11) is 0. The van der Waals surface area contributed by atoms with Crippen LogP contribution < -0.4 is 5.73 Å². The third-order valence-corrected chi connectivity index (χ3v) is 2.25. The molecule has 3 N–H and O–H groups in total. The van der Waals surface area contributed by atoms with Gasteiger partial charge in [0.05, 0.1) is 6.61 Å². The van der Waals surface area contributed by atoms with Gasteiger partial charge in [-0.05, 0) is 5.92 Å². The van der Waals surface area contributed by atoms with Crippen molar-refractivity contribution in [1.29, 1.82) is 0 Å². The standard InChI is InChI=1S/C11H22F3N3O2/c1-9(2)7-17(4-3-10(15)16-18)5-6-19-8-11(12,13)14/h9,18H,3-8H2,1-2H3,(H2,15,16). The summed E-state index contributed by atoms with van der Waals surface area (Å²) in [5, 5.41) is 11.3. The molecule has 0 unspecified atom stereocenters. The molecule has 0 saturated heterocycles. The molecule has 0 fully saturated rings. The molecule has 0 heterocycles. The average molecular weight is 285 g/mol. The zero-order chi connectivity index (χ0) is 14.9. The van der Waals surface area contributed by atoms with Gasteiger partial charge in [0.25, 0.3) is 0 Å². The minimum absolute atomic E-state index is 0.00238. The molecule has 0 atom stereocenters. The van der Waals surface area contributed by atoms with Gasteiger partial charge in [-0.2, -0.15) is 13.2 Å². The Morgan fingerprint density at radius 3 is 2.47 bits per heavy atom. The molecule has 0 radical (unpaired) electrons. The molecule has 0 amide bonds. The van der Waals surface area contributed by atoms with Gasteiger partial charge in [-0.15, -0.1) is 0 Å². The highest BCUT2D eigenvalue weighted by Crippen LogP contribution is 2.14. The smallest absolute Gasteiger partial charge is 0.409 e. The van der Waals surface area contributed by atoms with Gasteiger partial charge in [-0.1, -0.05) is 19.0 Å². The summed E-state index contributed by atoms with van der Waals surface area (Å²) in [5.41, 5.74) is 5.36. The number of halogens is 3. The lowest BCUT2D eigenvalue weighted by atomic mass is 10.2. The summed E-state index contributed by atoms with van der Waals surface area (Å²) in [6, 6.07) is 0. The quantitative estimate of drug-likeness (QED) is 0.222. The van der Waals surface area contributed by atoms with E-state index in [0.717, 1.165) is 0 Å². The minimum atomic E-state index is -4.29. The molecule has 0 rings (SSSR count). The molecule has 0 aromatic carbocycles. The summed E-state index contributed by atoms with van der Waals surface area (Å²) in [6.07, 6.45) is -3.93. The van der Waals surface area contributed by atoms with Gasteiger partial charge >= 0.3 is 6.18 Å². The van der Waals surface area contributed by atoms with Crippen molar-refractivity contribution in [2.45, 2.75) is 26.4 Å². The van der Waals surface area contributed by atoms with E-state index in [1.165, 1.54) is 0 Å². The molecule has 0 aliphatic carbocycles. The molecule has 0 aliphatic heterocycles. The number of oxime groups is 1.